The average molecular weight is 396 g/mol. The van der Waals surface area contributed by atoms with Crippen molar-refractivity contribution in [3.8, 4) is 5.75 Å². The first kappa shape index (κ1) is 13.8. The maximum atomic E-state index is 12.3. The van der Waals surface area contributed by atoms with E-state index in [1.54, 1.807) is 0 Å². The zero-order valence-corrected chi connectivity index (χ0v) is 14.0. The van der Waals surface area contributed by atoms with Gasteiger partial charge in [0.2, 0.25) is 0 Å². The van der Waals surface area contributed by atoms with Gasteiger partial charge in [0, 0.05) is 8.95 Å². The van der Waals surface area contributed by atoms with Gasteiger partial charge in [-0.15, -0.1) is 0 Å². The summed E-state index contributed by atoms with van der Waals surface area (Å²) in [6, 6.07) is 11.6. The summed E-state index contributed by atoms with van der Waals surface area (Å²) in [6.07, 6.45) is 0.174. The second kappa shape index (κ2) is 5.34. The molecule has 0 saturated heterocycles. The molecule has 0 N–H and O–H groups in total. The number of halogens is 2. The summed E-state index contributed by atoms with van der Waals surface area (Å²) in [7, 11) is 0. The van der Waals surface area contributed by atoms with Gasteiger partial charge < -0.3 is 4.74 Å². The van der Waals surface area contributed by atoms with Crippen molar-refractivity contribution in [2.45, 2.75) is 19.4 Å². The fourth-order valence-corrected chi connectivity index (χ4v) is 2.96. The van der Waals surface area contributed by atoms with Crippen molar-refractivity contribution >= 4 is 37.6 Å². The molecule has 1 aliphatic rings. The zero-order valence-electron chi connectivity index (χ0n) is 10.8. The van der Waals surface area contributed by atoms with Gasteiger partial charge in [-0.2, -0.15) is 0 Å². The van der Waals surface area contributed by atoms with Crippen LogP contribution in [0.15, 0.2) is 45.3 Å². The largest absolute Gasteiger partial charge is 0.484 e. The number of carbonyl (C=O) groups is 1. The fourth-order valence-electron chi connectivity index (χ4n) is 2.35. The molecule has 0 spiro atoms. The number of hydrogen-bond donors (Lipinski definition) is 0. The Balaban J connectivity index is 1.97. The summed E-state index contributed by atoms with van der Waals surface area (Å²) in [5.41, 5.74) is 2.83. The van der Waals surface area contributed by atoms with E-state index in [2.05, 4.69) is 37.9 Å². The van der Waals surface area contributed by atoms with Gasteiger partial charge in [-0.25, -0.2) is 0 Å². The van der Waals surface area contributed by atoms with Crippen molar-refractivity contribution in [2.24, 2.45) is 0 Å². The Morgan fingerprint density at radius 1 is 1.15 bits per heavy atom. The average Bonchev–Trinajstić information content (AvgIpc) is 2.42. The Hall–Kier alpha value is -1.13. The maximum Gasteiger partial charge on any atom is 0.170 e. The molecule has 0 fully saturated rings. The smallest absolute Gasteiger partial charge is 0.170 e. The highest BCUT2D eigenvalue weighted by Gasteiger charge is 2.27. The van der Waals surface area contributed by atoms with Crippen LogP contribution in [-0.2, 0) is 0 Å². The Morgan fingerprint density at radius 3 is 2.70 bits per heavy atom. The lowest BCUT2D eigenvalue weighted by Gasteiger charge is -2.26. The number of hydrogen-bond acceptors (Lipinski definition) is 2. The summed E-state index contributed by atoms with van der Waals surface area (Å²) in [4.78, 5) is 12.3. The first-order valence-electron chi connectivity index (χ1n) is 6.30. The summed E-state index contributed by atoms with van der Waals surface area (Å²) in [6.45, 7) is 2.03. The van der Waals surface area contributed by atoms with Crippen LogP contribution in [0.5, 0.6) is 5.75 Å². The van der Waals surface area contributed by atoms with Crippen LogP contribution >= 0.6 is 31.9 Å². The van der Waals surface area contributed by atoms with E-state index in [1.165, 1.54) is 0 Å². The van der Waals surface area contributed by atoms with E-state index in [0.717, 1.165) is 20.1 Å². The summed E-state index contributed by atoms with van der Waals surface area (Å²) >= 11 is 6.87. The van der Waals surface area contributed by atoms with Gasteiger partial charge in [-0.3, -0.25) is 4.79 Å². The van der Waals surface area contributed by atoms with Crippen molar-refractivity contribution < 1.29 is 9.53 Å². The van der Waals surface area contributed by atoms with Crippen LogP contribution in [-0.4, -0.2) is 5.78 Å². The van der Waals surface area contributed by atoms with Crippen molar-refractivity contribution in [1.82, 2.24) is 0 Å². The monoisotopic (exact) mass is 394 g/mol. The van der Waals surface area contributed by atoms with E-state index < -0.39 is 0 Å². The molecule has 1 unspecified atom stereocenters. The van der Waals surface area contributed by atoms with Gasteiger partial charge in [0.05, 0.1) is 12.0 Å². The summed E-state index contributed by atoms with van der Waals surface area (Å²) in [5, 5.41) is 0. The molecule has 0 aliphatic carbocycles. The third-order valence-corrected chi connectivity index (χ3v) is 4.82. The van der Waals surface area contributed by atoms with Gasteiger partial charge in [-0.1, -0.05) is 44.0 Å². The molecule has 0 radical (unpaired) electrons. The van der Waals surface area contributed by atoms with E-state index in [4.69, 9.17) is 4.74 Å². The van der Waals surface area contributed by atoms with Crippen LogP contribution in [0, 0.1) is 6.92 Å². The highest BCUT2D eigenvalue weighted by Crippen LogP contribution is 2.36. The number of ketones is 1. The molecule has 2 aromatic rings. The third-order valence-electron chi connectivity index (χ3n) is 3.44. The lowest BCUT2D eigenvalue weighted by atomic mass is 9.95. The van der Waals surface area contributed by atoms with E-state index >= 15 is 0 Å². The number of rotatable bonds is 1. The van der Waals surface area contributed by atoms with Crippen LogP contribution in [0.1, 0.15) is 34.0 Å². The van der Waals surface area contributed by atoms with E-state index in [1.807, 2.05) is 37.3 Å². The Bertz CT molecular complexity index is 695. The van der Waals surface area contributed by atoms with Crippen LogP contribution < -0.4 is 4.74 Å². The minimum atomic E-state index is -0.206. The first-order valence-corrected chi connectivity index (χ1v) is 7.88. The molecule has 20 heavy (non-hydrogen) atoms. The molecule has 0 aromatic heterocycles. The number of Topliss-reactive ketones (excluding diaryl/α,β-unsaturated/α-hetero) is 1. The van der Waals surface area contributed by atoms with Crippen LogP contribution in [0.25, 0.3) is 0 Å². The molecule has 102 valence electrons. The zero-order chi connectivity index (χ0) is 14.3. The number of ether oxygens (including phenoxy) is 1. The topological polar surface area (TPSA) is 26.3 Å². The summed E-state index contributed by atoms with van der Waals surface area (Å²) in [5.74, 6) is 0.785. The normalized spacial score (nSPS) is 17.6. The second-order valence-electron chi connectivity index (χ2n) is 4.88. The quantitative estimate of drug-likeness (QED) is 0.661. The number of carbonyl (C=O) groups excluding carboxylic acids is 1. The molecule has 4 heteroatoms. The number of aryl methyl sites for hydroxylation is 1. The molecule has 2 aromatic carbocycles. The molecule has 0 bridgehead atoms. The highest BCUT2D eigenvalue weighted by molar-refractivity contribution is 9.10. The SMILES string of the molecule is Cc1cc(C2CC(=O)c3cc(Br)ccc3O2)ccc1Br. The molecular formula is C16H12Br2O2. The van der Waals surface area contributed by atoms with Crippen molar-refractivity contribution in [3.05, 3.63) is 62.0 Å². The molecule has 0 saturated carbocycles. The molecule has 1 aliphatic heterocycles. The van der Waals surface area contributed by atoms with Crippen LogP contribution in [0.2, 0.25) is 0 Å². The number of fused-ring (bicyclic) bond motifs is 1. The van der Waals surface area contributed by atoms with Crippen molar-refractivity contribution in [2.75, 3.05) is 0 Å². The van der Waals surface area contributed by atoms with Crippen molar-refractivity contribution in [3.63, 3.8) is 0 Å². The molecule has 1 heterocycles. The van der Waals surface area contributed by atoms with E-state index in [0.29, 0.717) is 17.7 Å². The van der Waals surface area contributed by atoms with Crippen LogP contribution in [0.4, 0.5) is 0 Å². The summed E-state index contributed by atoms with van der Waals surface area (Å²) < 4.78 is 7.94. The van der Waals surface area contributed by atoms with Gasteiger partial charge in [-0.05, 0) is 42.3 Å². The number of benzene rings is 2. The Labute approximate surface area is 134 Å². The highest BCUT2D eigenvalue weighted by atomic mass is 79.9. The first-order chi connectivity index (χ1) is 9.54. The molecule has 3 rings (SSSR count). The Kier molecular flexibility index (Phi) is 3.69. The lowest BCUT2D eigenvalue weighted by molar-refractivity contribution is 0.0850. The van der Waals surface area contributed by atoms with Gasteiger partial charge >= 0.3 is 0 Å². The van der Waals surface area contributed by atoms with Crippen LogP contribution in [0.3, 0.4) is 0 Å². The van der Waals surface area contributed by atoms with Crippen molar-refractivity contribution in [1.29, 1.82) is 0 Å². The van der Waals surface area contributed by atoms with E-state index in [-0.39, 0.29) is 11.9 Å². The van der Waals surface area contributed by atoms with Gasteiger partial charge in [0.15, 0.2) is 5.78 Å². The third kappa shape index (κ3) is 2.54. The molecule has 0 amide bonds. The molecule has 2 nitrogen and oxygen atoms in total. The molecular weight excluding hydrogens is 384 g/mol. The predicted octanol–water partition coefficient (Wildman–Crippen LogP) is 5.23. The fraction of sp³-hybridized carbons (Fsp3) is 0.188. The molecule has 1 atom stereocenters. The van der Waals surface area contributed by atoms with Gasteiger partial charge in [0.25, 0.3) is 0 Å². The minimum absolute atomic E-state index is 0.123. The maximum absolute atomic E-state index is 12.3. The van der Waals surface area contributed by atoms with Gasteiger partial charge in [0.1, 0.15) is 11.9 Å². The Morgan fingerprint density at radius 2 is 1.95 bits per heavy atom. The van der Waals surface area contributed by atoms with E-state index in [9.17, 15) is 4.79 Å². The lowest BCUT2D eigenvalue weighted by Crippen LogP contribution is -2.20. The second-order valence-corrected chi connectivity index (χ2v) is 6.65. The minimum Gasteiger partial charge on any atom is -0.484 e. The standard InChI is InChI=1S/C16H12Br2O2/c1-9-6-10(2-4-13(9)18)16-8-14(19)12-7-11(17)3-5-15(12)20-16/h2-7,16H,8H2,1H3. The predicted molar refractivity (Wildman–Crippen MR) is 85.3 cm³/mol.